The average Bonchev–Trinajstić information content (AvgIpc) is 2.15. The minimum absolute atomic E-state index is 0.644. The van der Waals surface area contributed by atoms with Crippen molar-refractivity contribution in [2.45, 2.75) is 11.9 Å². The Morgan fingerprint density at radius 2 is 2.08 bits per heavy atom. The quantitative estimate of drug-likeness (QED) is 0.492. The molecule has 67 valence electrons. The molecule has 0 aliphatic rings. The molecule has 0 aliphatic carbocycles. The van der Waals surface area contributed by atoms with Gasteiger partial charge in [0, 0.05) is 0 Å². The van der Waals surface area contributed by atoms with Crippen LogP contribution >= 0.6 is 24.8 Å². The zero-order valence-corrected chi connectivity index (χ0v) is 12.3. The fourth-order valence-electron chi connectivity index (χ4n) is 1.46. The summed E-state index contributed by atoms with van der Waals surface area (Å²) in [4.78, 5) is 0. The monoisotopic (exact) mass is 262 g/mol. The van der Waals surface area contributed by atoms with E-state index in [1.54, 1.807) is 0 Å². The molecule has 1 aromatic rings. The summed E-state index contributed by atoms with van der Waals surface area (Å²) in [6.45, 7) is 2.21. The summed E-state index contributed by atoms with van der Waals surface area (Å²) in [6, 6.07) is 10.6. The molecular formula is C9H12NS2Zn. The van der Waals surface area contributed by atoms with Crippen molar-refractivity contribution in [3.8, 4) is 0 Å². The summed E-state index contributed by atoms with van der Waals surface area (Å²) < 4.78 is 5.45. The van der Waals surface area contributed by atoms with Gasteiger partial charge in [-0.05, 0) is 0 Å². The van der Waals surface area contributed by atoms with Gasteiger partial charge in [-0.15, -0.1) is 0 Å². The molecular weight excluding hydrogens is 252 g/mol. The molecule has 0 bridgehead atoms. The molecule has 4 heteroatoms. The summed E-state index contributed by atoms with van der Waals surface area (Å²) in [5, 5.41) is 1.21. The number of hydrogen-bond acceptors (Lipinski definition) is 1. The molecule has 0 amide bonds. The van der Waals surface area contributed by atoms with Crippen molar-refractivity contribution < 1.29 is 16.2 Å². The van der Waals surface area contributed by atoms with E-state index < -0.39 is 16.2 Å². The Morgan fingerprint density at radius 3 is 2.54 bits per heavy atom. The second kappa shape index (κ2) is 5.74. The first-order valence-corrected chi connectivity index (χ1v) is 10.4. The maximum atomic E-state index is 4.94. The van der Waals surface area contributed by atoms with Crippen LogP contribution in [0.3, 0.4) is 0 Å². The first-order chi connectivity index (χ1) is 6.24. The normalized spacial score (nSPS) is 9.38. The Morgan fingerprint density at radius 1 is 1.46 bits per heavy atom. The Bertz CT molecular complexity index is 276. The molecule has 0 saturated carbocycles. The number of benzene rings is 1. The van der Waals surface area contributed by atoms with Crippen molar-refractivity contribution >= 4 is 33.3 Å². The fourth-order valence-corrected chi connectivity index (χ4v) is 8.05. The van der Waals surface area contributed by atoms with Crippen LogP contribution < -0.4 is 8.22 Å². The minimum atomic E-state index is -1.79. The Hall–Kier alpha value is 0.0834. The van der Waals surface area contributed by atoms with Gasteiger partial charge in [0.15, 0.2) is 0 Å². The van der Waals surface area contributed by atoms with Crippen molar-refractivity contribution in [3.63, 3.8) is 0 Å². The Kier molecular flexibility index (Phi) is 4.93. The number of hydrogen-bond donors (Lipinski definition) is 2. The third kappa shape index (κ3) is 3.76. The molecule has 0 aromatic heterocycles. The average molecular weight is 264 g/mol. The zero-order chi connectivity index (χ0) is 9.68. The molecule has 1 rings (SSSR count). The van der Waals surface area contributed by atoms with Gasteiger partial charge < -0.3 is 0 Å². The van der Waals surface area contributed by atoms with Crippen LogP contribution in [0.2, 0.25) is 5.02 Å². The molecule has 1 nitrogen and oxygen atoms in total. The fraction of sp³-hybridized carbons (Fsp3) is 0.222. The van der Waals surface area contributed by atoms with Gasteiger partial charge in [-0.3, -0.25) is 0 Å². The van der Waals surface area contributed by atoms with Gasteiger partial charge in [-0.2, -0.15) is 0 Å². The molecule has 0 atom stereocenters. The van der Waals surface area contributed by atoms with Gasteiger partial charge in [0.25, 0.3) is 0 Å². The zero-order valence-electron chi connectivity index (χ0n) is 7.66. The Labute approximate surface area is 95.5 Å². The standard InChI is InChI=1S/C6H5.C2H5.CH3NS2.Zn/c1-2-4-6-5-3-1;1-2;2-1(3)4;/h1-5H;1H2,2H3;(H3,2,3,4);/q;;;+1/p-1. The third-order valence-corrected chi connectivity index (χ3v) is 10.5. The van der Waals surface area contributed by atoms with Crippen molar-refractivity contribution in [1.29, 1.82) is 0 Å². The van der Waals surface area contributed by atoms with Crippen LogP contribution in [0, 0.1) is 0 Å². The van der Waals surface area contributed by atoms with Gasteiger partial charge >= 0.3 is 95.8 Å². The van der Waals surface area contributed by atoms with E-state index in [0.29, 0.717) is 4.32 Å². The van der Waals surface area contributed by atoms with E-state index in [9.17, 15) is 0 Å². The van der Waals surface area contributed by atoms with Gasteiger partial charge in [-0.1, -0.05) is 0 Å². The van der Waals surface area contributed by atoms with E-state index in [1.807, 2.05) is 6.07 Å². The summed E-state index contributed by atoms with van der Waals surface area (Å²) in [5.74, 6) is 0. The summed E-state index contributed by atoms with van der Waals surface area (Å²) in [5.41, 5.74) is 0. The maximum absolute atomic E-state index is 4.94. The molecule has 1 aromatic carbocycles. The van der Waals surface area contributed by atoms with E-state index in [0.717, 1.165) is 0 Å². The van der Waals surface area contributed by atoms with E-state index in [-0.39, 0.29) is 0 Å². The van der Waals surface area contributed by atoms with Crippen LogP contribution in [0.4, 0.5) is 0 Å². The van der Waals surface area contributed by atoms with Crippen LogP contribution in [0.5, 0.6) is 0 Å². The van der Waals surface area contributed by atoms with Gasteiger partial charge in [-0.25, -0.2) is 0 Å². The van der Waals surface area contributed by atoms with Crippen LogP contribution in [0.15, 0.2) is 30.3 Å². The van der Waals surface area contributed by atoms with Gasteiger partial charge in [0.05, 0.1) is 0 Å². The van der Waals surface area contributed by atoms with Crippen molar-refractivity contribution in [2.75, 3.05) is 0 Å². The van der Waals surface area contributed by atoms with Gasteiger partial charge in [0.2, 0.25) is 0 Å². The molecule has 0 saturated heterocycles. The molecule has 0 aliphatic heterocycles. The molecule has 0 spiro atoms. The number of rotatable bonds is 3. The summed E-state index contributed by atoms with van der Waals surface area (Å²) in [6.07, 6.45) is 0. The summed E-state index contributed by atoms with van der Waals surface area (Å²) >= 11 is 7.27. The van der Waals surface area contributed by atoms with Gasteiger partial charge in [0.1, 0.15) is 0 Å². The number of nitrogens with one attached hydrogen (secondary N) is 1. The Balaban J connectivity index is 2.73. The first-order valence-electron chi connectivity index (χ1n) is 4.50. The van der Waals surface area contributed by atoms with E-state index in [2.05, 4.69) is 47.9 Å². The number of thiol groups is 1. The third-order valence-electron chi connectivity index (χ3n) is 2.20. The first kappa shape index (κ1) is 11.2. The van der Waals surface area contributed by atoms with Crippen LogP contribution in [-0.2, 0) is 16.2 Å². The van der Waals surface area contributed by atoms with Crippen LogP contribution in [0.25, 0.3) is 0 Å². The van der Waals surface area contributed by atoms with E-state index in [1.165, 1.54) is 9.17 Å². The molecule has 0 heterocycles. The molecule has 1 N–H and O–H groups in total. The second-order valence-corrected chi connectivity index (χ2v) is 11.7. The molecule has 0 fully saturated rings. The van der Waals surface area contributed by atoms with E-state index >= 15 is 0 Å². The van der Waals surface area contributed by atoms with Crippen molar-refractivity contribution in [3.05, 3.63) is 30.3 Å². The summed E-state index contributed by atoms with van der Waals surface area (Å²) in [7, 11) is 0. The molecule has 13 heavy (non-hydrogen) atoms. The van der Waals surface area contributed by atoms with E-state index in [4.69, 9.17) is 12.2 Å². The van der Waals surface area contributed by atoms with Crippen molar-refractivity contribution in [2.24, 2.45) is 0 Å². The molecule has 0 unspecified atom stereocenters. The molecule has 0 radical (unpaired) electrons. The van der Waals surface area contributed by atoms with Crippen LogP contribution in [-0.4, -0.2) is 4.32 Å². The van der Waals surface area contributed by atoms with Crippen molar-refractivity contribution in [1.82, 2.24) is 4.06 Å². The predicted molar refractivity (Wildman–Crippen MR) is 61.3 cm³/mol. The SMILES string of the molecule is C[CH2][Zn]([NH]C(=S)S)[c]1ccccc1. The topological polar surface area (TPSA) is 12.0 Å². The second-order valence-electron chi connectivity index (χ2n) is 3.14. The van der Waals surface area contributed by atoms with Crippen LogP contribution in [0.1, 0.15) is 6.92 Å². The number of thiocarbonyl (C=S) groups is 1. The predicted octanol–water partition coefficient (Wildman–Crippen LogP) is 2.09.